The Hall–Kier alpha value is -3.15. The number of amidine groups is 1. The average molecular weight is 592 g/mol. The quantitative estimate of drug-likeness (QED) is 0.200. The van der Waals surface area contributed by atoms with Crippen LogP contribution in [-0.2, 0) is 27.7 Å². The van der Waals surface area contributed by atoms with Gasteiger partial charge in [0.1, 0.15) is 11.7 Å². The van der Waals surface area contributed by atoms with Crippen molar-refractivity contribution in [2.45, 2.75) is 17.9 Å². The maximum Gasteiger partial charge on any atom is 0.261 e. The molecule has 0 saturated carbocycles. The van der Waals surface area contributed by atoms with Crippen LogP contribution in [0.3, 0.4) is 0 Å². The van der Waals surface area contributed by atoms with Crippen LogP contribution in [0.5, 0.6) is 0 Å². The molecule has 208 valence electrons. The van der Waals surface area contributed by atoms with Crippen molar-refractivity contribution >= 4 is 57.4 Å². The fraction of sp³-hybridized carbons (Fsp3) is 0.259. The number of anilines is 1. The molecule has 1 fully saturated rings. The molecule has 0 amide bonds. The number of fused-ring (bicyclic) bond motifs is 1. The van der Waals surface area contributed by atoms with Crippen LogP contribution in [0.2, 0.25) is 0 Å². The molecule has 1 aromatic heterocycles. The van der Waals surface area contributed by atoms with Gasteiger partial charge in [-0.1, -0.05) is 42.5 Å². The molecule has 2 heterocycles. The molecule has 1 aliphatic rings. The fourth-order valence-electron chi connectivity index (χ4n) is 4.49. The van der Waals surface area contributed by atoms with Crippen molar-refractivity contribution < 1.29 is 13.2 Å². The second-order valence-corrected chi connectivity index (χ2v) is 10.7. The highest BCUT2D eigenvalue weighted by Gasteiger charge is 2.18. The molecule has 1 saturated heterocycles. The first kappa shape index (κ1) is 30.4. The van der Waals surface area contributed by atoms with Crippen LogP contribution in [0, 0.1) is 5.41 Å². The Bertz CT molecular complexity index is 1510. The lowest BCUT2D eigenvalue weighted by atomic mass is 10.1. The zero-order valence-electron chi connectivity index (χ0n) is 21.2. The standard InChI is InChI=1S/C27H30N6O3S.2ClH/c28-27(29)21-8-6-20(7-9-21)18-26-30-24-19-22(31-37(34,35)23-4-2-1-3-5-23)10-11-25(24)33(26)13-12-32-14-16-36-17-15-32;;/h1-11,19,31H,12-18H2,(H3,28,29);2*1H. The van der Waals surface area contributed by atoms with Gasteiger partial charge in [-0.15, -0.1) is 24.8 Å². The number of halogens is 2. The third kappa shape index (κ3) is 7.28. The van der Waals surface area contributed by atoms with E-state index in [9.17, 15) is 8.42 Å². The van der Waals surface area contributed by atoms with Gasteiger partial charge in [-0.3, -0.25) is 15.0 Å². The number of hydrogen-bond acceptors (Lipinski definition) is 6. The third-order valence-corrected chi connectivity index (χ3v) is 7.90. The lowest BCUT2D eigenvalue weighted by Gasteiger charge is -2.27. The Balaban J connectivity index is 0.00000210. The maximum atomic E-state index is 12.8. The van der Waals surface area contributed by atoms with Gasteiger partial charge in [-0.25, -0.2) is 13.4 Å². The molecule has 9 nitrogen and oxygen atoms in total. The molecule has 4 N–H and O–H groups in total. The van der Waals surface area contributed by atoms with Gasteiger partial charge in [0.25, 0.3) is 10.0 Å². The largest absolute Gasteiger partial charge is 0.384 e. The van der Waals surface area contributed by atoms with Crippen LogP contribution in [-0.4, -0.2) is 61.6 Å². The molecule has 0 spiro atoms. The van der Waals surface area contributed by atoms with E-state index in [1.54, 1.807) is 42.5 Å². The highest BCUT2D eigenvalue weighted by atomic mass is 35.5. The fourth-order valence-corrected chi connectivity index (χ4v) is 5.56. The van der Waals surface area contributed by atoms with Crippen molar-refractivity contribution in [3.63, 3.8) is 0 Å². The number of imidazole rings is 1. The second-order valence-electron chi connectivity index (χ2n) is 9.04. The Morgan fingerprint density at radius 1 is 0.974 bits per heavy atom. The number of morpholine rings is 1. The summed E-state index contributed by atoms with van der Waals surface area (Å²) >= 11 is 0. The third-order valence-electron chi connectivity index (χ3n) is 6.50. The molecular formula is C27H32Cl2N6O3S. The summed E-state index contributed by atoms with van der Waals surface area (Å²) in [6.07, 6.45) is 0.598. The number of benzene rings is 3. The number of hydrogen-bond donors (Lipinski definition) is 3. The molecule has 0 aliphatic carbocycles. The highest BCUT2D eigenvalue weighted by Crippen LogP contribution is 2.24. The normalized spacial score (nSPS) is 13.8. The number of nitrogens with one attached hydrogen (secondary N) is 2. The summed E-state index contributed by atoms with van der Waals surface area (Å²) in [5.74, 6) is 0.927. The number of rotatable bonds is 9. The van der Waals surface area contributed by atoms with Gasteiger partial charge in [-0.05, 0) is 35.9 Å². The number of ether oxygens (including phenoxy) is 1. The van der Waals surface area contributed by atoms with Crippen LogP contribution in [0.25, 0.3) is 11.0 Å². The Kier molecular flexibility index (Phi) is 10.3. The van der Waals surface area contributed by atoms with Crippen LogP contribution >= 0.6 is 24.8 Å². The van der Waals surface area contributed by atoms with Crippen LogP contribution in [0.1, 0.15) is 17.0 Å². The first-order valence-corrected chi connectivity index (χ1v) is 13.7. The minimum Gasteiger partial charge on any atom is -0.384 e. The topological polar surface area (TPSA) is 126 Å². The Morgan fingerprint density at radius 3 is 2.33 bits per heavy atom. The molecule has 0 unspecified atom stereocenters. The lowest BCUT2D eigenvalue weighted by Crippen LogP contribution is -2.38. The molecule has 5 rings (SSSR count). The van der Waals surface area contributed by atoms with Gasteiger partial charge in [0, 0.05) is 38.2 Å². The number of nitrogens with zero attached hydrogens (tertiary/aromatic N) is 3. The van der Waals surface area contributed by atoms with Gasteiger partial charge in [0.2, 0.25) is 0 Å². The van der Waals surface area contributed by atoms with Gasteiger partial charge < -0.3 is 15.0 Å². The summed E-state index contributed by atoms with van der Waals surface area (Å²) < 4.78 is 36.0. The summed E-state index contributed by atoms with van der Waals surface area (Å²) in [4.78, 5) is 7.50. The van der Waals surface area contributed by atoms with Gasteiger partial charge in [0.15, 0.2) is 0 Å². The predicted molar refractivity (Wildman–Crippen MR) is 159 cm³/mol. The first-order valence-electron chi connectivity index (χ1n) is 12.2. The van der Waals surface area contributed by atoms with E-state index >= 15 is 0 Å². The van der Waals surface area contributed by atoms with Gasteiger partial charge in [-0.2, -0.15) is 0 Å². The lowest BCUT2D eigenvalue weighted by molar-refractivity contribution is 0.0364. The zero-order valence-corrected chi connectivity index (χ0v) is 23.7. The van der Waals surface area contributed by atoms with E-state index in [0.717, 1.165) is 61.8 Å². The second kappa shape index (κ2) is 13.3. The molecule has 12 heteroatoms. The number of sulfonamides is 1. The summed E-state index contributed by atoms with van der Waals surface area (Å²) in [5.41, 5.74) is 9.48. The molecule has 0 radical (unpaired) electrons. The average Bonchev–Trinajstić information content (AvgIpc) is 3.24. The SMILES string of the molecule is Cl.Cl.N=C(N)c1ccc(Cc2nc3cc(NS(=O)(=O)c4ccccc4)ccc3n2CCN2CCOCC2)cc1. The number of nitrogen functional groups attached to an aromatic ring is 1. The minimum absolute atomic E-state index is 0. The van der Waals surface area contributed by atoms with Crippen molar-refractivity contribution in [2.75, 3.05) is 37.6 Å². The number of aromatic nitrogens is 2. The summed E-state index contributed by atoms with van der Waals surface area (Å²) in [6.45, 7) is 4.91. The van der Waals surface area contributed by atoms with E-state index in [2.05, 4.69) is 14.2 Å². The smallest absolute Gasteiger partial charge is 0.261 e. The Labute approximate surface area is 240 Å². The van der Waals surface area contributed by atoms with Crippen LogP contribution < -0.4 is 10.5 Å². The van der Waals surface area contributed by atoms with Gasteiger partial charge >= 0.3 is 0 Å². The highest BCUT2D eigenvalue weighted by molar-refractivity contribution is 7.92. The van der Waals surface area contributed by atoms with Gasteiger partial charge in [0.05, 0.1) is 34.8 Å². The van der Waals surface area contributed by atoms with Crippen molar-refractivity contribution in [1.29, 1.82) is 5.41 Å². The maximum absolute atomic E-state index is 12.8. The first-order chi connectivity index (χ1) is 17.9. The molecular weight excluding hydrogens is 559 g/mol. The van der Waals surface area contributed by atoms with E-state index in [-0.39, 0.29) is 35.5 Å². The van der Waals surface area contributed by atoms with Crippen molar-refractivity contribution in [3.8, 4) is 0 Å². The molecule has 0 bridgehead atoms. The van der Waals surface area contributed by atoms with E-state index in [4.69, 9.17) is 20.9 Å². The molecule has 4 aromatic rings. The Morgan fingerprint density at radius 2 is 1.67 bits per heavy atom. The summed E-state index contributed by atoms with van der Waals surface area (Å²) in [5, 5.41) is 7.62. The minimum atomic E-state index is -3.70. The molecule has 0 atom stereocenters. The van der Waals surface area contributed by atoms with Crippen molar-refractivity contribution in [1.82, 2.24) is 14.5 Å². The molecule has 39 heavy (non-hydrogen) atoms. The van der Waals surface area contributed by atoms with E-state index in [0.29, 0.717) is 17.7 Å². The number of nitrogens with two attached hydrogens (primary N) is 1. The van der Waals surface area contributed by atoms with Crippen LogP contribution in [0.15, 0.2) is 77.7 Å². The predicted octanol–water partition coefficient (Wildman–Crippen LogP) is 3.89. The molecule has 1 aliphatic heterocycles. The van der Waals surface area contributed by atoms with E-state index in [1.165, 1.54) is 0 Å². The summed E-state index contributed by atoms with van der Waals surface area (Å²) in [6, 6.07) is 21.4. The summed E-state index contributed by atoms with van der Waals surface area (Å²) in [7, 11) is -3.70. The van der Waals surface area contributed by atoms with E-state index in [1.807, 2.05) is 30.3 Å². The monoisotopic (exact) mass is 590 g/mol. The van der Waals surface area contributed by atoms with Crippen molar-refractivity contribution in [3.05, 3.63) is 89.7 Å². The van der Waals surface area contributed by atoms with Crippen molar-refractivity contribution in [2.24, 2.45) is 5.73 Å². The van der Waals surface area contributed by atoms with E-state index < -0.39 is 10.0 Å². The molecule has 3 aromatic carbocycles. The zero-order chi connectivity index (χ0) is 25.8. The van der Waals surface area contributed by atoms with Crippen LogP contribution in [0.4, 0.5) is 5.69 Å².